The summed E-state index contributed by atoms with van der Waals surface area (Å²) in [6.45, 7) is 5.08. The van der Waals surface area contributed by atoms with E-state index in [9.17, 15) is 9.59 Å². The largest absolute Gasteiger partial charge is 0.497 e. The smallest absolute Gasteiger partial charge is 0.235 e. The van der Waals surface area contributed by atoms with E-state index in [4.69, 9.17) is 4.74 Å². The first kappa shape index (κ1) is 16.3. The summed E-state index contributed by atoms with van der Waals surface area (Å²) in [5.41, 5.74) is 0.133. The summed E-state index contributed by atoms with van der Waals surface area (Å²) in [5.74, 6) is 0.835. The van der Waals surface area contributed by atoms with Gasteiger partial charge in [-0.2, -0.15) is 0 Å². The van der Waals surface area contributed by atoms with Crippen LogP contribution < -0.4 is 15.4 Å². The minimum absolute atomic E-state index is 0.145. The fraction of sp³-hybridized carbons (Fsp3) is 0.529. The van der Waals surface area contributed by atoms with Gasteiger partial charge in [-0.3, -0.25) is 9.59 Å². The predicted octanol–water partition coefficient (Wildman–Crippen LogP) is 1.86. The Morgan fingerprint density at radius 2 is 1.73 bits per heavy atom. The Hall–Kier alpha value is -2.04. The minimum Gasteiger partial charge on any atom is -0.497 e. The molecular weight excluding hydrogens is 280 g/mol. The molecule has 0 heterocycles. The third-order valence-electron chi connectivity index (χ3n) is 3.90. The Balaban J connectivity index is 1.87. The number of amides is 2. The summed E-state index contributed by atoms with van der Waals surface area (Å²) in [6.07, 6.45) is 1.26. The zero-order valence-electron chi connectivity index (χ0n) is 13.4. The number of methoxy groups -OCH3 is 1. The molecule has 1 aromatic rings. The van der Waals surface area contributed by atoms with Gasteiger partial charge in [-0.25, -0.2) is 0 Å². The van der Waals surface area contributed by atoms with Crippen molar-refractivity contribution in [3.8, 4) is 5.75 Å². The number of carbonyl (C=O) groups is 2. The molecule has 0 aromatic heterocycles. The number of hydrogen-bond acceptors (Lipinski definition) is 3. The molecule has 2 rings (SSSR count). The summed E-state index contributed by atoms with van der Waals surface area (Å²) in [6, 6.07) is 7.50. The zero-order chi connectivity index (χ0) is 16.2. The Bertz CT molecular complexity index is 533. The van der Waals surface area contributed by atoms with Crippen LogP contribution in [0.1, 0.15) is 32.3 Å². The third kappa shape index (κ3) is 3.78. The molecular formula is C17H24N2O3. The average Bonchev–Trinajstić information content (AvgIpc) is 3.32. The van der Waals surface area contributed by atoms with Crippen molar-refractivity contribution in [2.45, 2.75) is 33.2 Å². The van der Waals surface area contributed by atoms with Crippen molar-refractivity contribution in [1.82, 2.24) is 10.6 Å². The van der Waals surface area contributed by atoms with Crippen LogP contribution in [0.2, 0.25) is 0 Å². The van der Waals surface area contributed by atoms with Crippen molar-refractivity contribution in [2.75, 3.05) is 13.7 Å². The zero-order valence-corrected chi connectivity index (χ0v) is 13.4. The molecule has 0 unspecified atom stereocenters. The molecule has 1 aliphatic carbocycles. The quantitative estimate of drug-likeness (QED) is 0.756. The lowest BCUT2D eigenvalue weighted by Gasteiger charge is -2.16. The Kier molecular flexibility index (Phi) is 5.06. The van der Waals surface area contributed by atoms with Crippen LogP contribution in [-0.4, -0.2) is 25.5 Å². The molecule has 2 N–H and O–H groups in total. The second kappa shape index (κ2) is 6.81. The Labute approximate surface area is 131 Å². The third-order valence-corrected chi connectivity index (χ3v) is 3.90. The highest BCUT2D eigenvalue weighted by atomic mass is 16.5. The van der Waals surface area contributed by atoms with Crippen LogP contribution in [0.25, 0.3) is 0 Å². The summed E-state index contributed by atoms with van der Waals surface area (Å²) >= 11 is 0. The molecule has 120 valence electrons. The predicted molar refractivity (Wildman–Crippen MR) is 84.4 cm³/mol. The molecule has 0 spiro atoms. The van der Waals surface area contributed by atoms with Crippen molar-refractivity contribution in [3.63, 3.8) is 0 Å². The van der Waals surface area contributed by atoms with Crippen molar-refractivity contribution < 1.29 is 14.3 Å². The second-order valence-electron chi connectivity index (χ2n) is 6.22. The van der Waals surface area contributed by atoms with Gasteiger partial charge in [-0.05, 0) is 36.5 Å². The Morgan fingerprint density at radius 3 is 2.23 bits per heavy atom. The van der Waals surface area contributed by atoms with Crippen LogP contribution >= 0.6 is 0 Å². The van der Waals surface area contributed by atoms with Gasteiger partial charge in [0, 0.05) is 13.1 Å². The van der Waals surface area contributed by atoms with Gasteiger partial charge < -0.3 is 15.4 Å². The number of nitrogens with one attached hydrogen (secondary N) is 2. The molecule has 5 nitrogen and oxygen atoms in total. The molecule has 0 bridgehead atoms. The van der Waals surface area contributed by atoms with E-state index < -0.39 is 5.41 Å². The van der Waals surface area contributed by atoms with Gasteiger partial charge in [0.05, 0.1) is 7.11 Å². The van der Waals surface area contributed by atoms with E-state index in [-0.39, 0.29) is 11.8 Å². The van der Waals surface area contributed by atoms with Gasteiger partial charge in [0.2, 0.25) is 11.8 Å². The van der Waals surface area contributed by atoms with Crippen LogP contribution in [0.3, 0.4) is 0 Å². The number of carbonyl (C=O) groups excluding carboxylic acids is 2. The first-order chi connectivity index (χ1) is 10.5. The highest BCUT2D eigenvalue weighted by molar-refractivity contribution is 6.07. The monoisotopic (exact) mass is 304 g/mol. The highest BCUT2D eigenvalue weighted by Gasteiger charge is 2.56. The number of hydrogen-bond donors (Lipinski definition) is 2. The van der Waals surface area contributed by atoms with Crippen LogP contribution in [0, 0.1) is 11.3 Å². The molecule has 1 aromatic carbocycles. The van der Waals surface area contributed by atoms with Crippen LogP contribution in [0.4, 0.5) is 0 Å². The summed E-state index contributed by atoms with van der Waals surface area (Å²) in [5, 5.41) is 5.73. The maximum Gasteiger partial charge on any atom is 0.235 e. The highest BCUT2D eigenvalue weighted by Crippen LogP contribution is 2.46. The number of ether oxygens (including phenoxy) is 1. The molecule has 5 heteroatoms. The Morgan fingerprint density at radius 1 is 1.14 bits per heavy atom. The van der Waals surface area contributed by atoms with E-state index in [0.717, 1.165) is 11.3 Å². The number of rotatable bonds is 7. The normalized spacial score (nSPS) is 15.3. The standard InChI is InChI=1S/C17H24N2O3/c1-12(2)10-18-15(20)17(8-9-17)16(21)19-11-13-4-6-14(22-3)7-5-13/h4-7,12H,8-11H2,1-3H3,(H,18,20)(H,19,21). The molecule has 0 atom stereocenters. The van der Waals surface area contributed by atoms with Crippen molar-refractivity contribution in [3.05, 3.63) is 29.8 Å². The van der Waals surface area contributed by atoms with Gasteiger partial charge in [0.1, 0.15) is 11.2 Å². The average molecular weight is 304 g/mol. The number of benzene rings is 1. The minimum atomic E-state index is -0.846. The van der Waals surface area contributed by atoms with Gasteiger partial charge in [0.15, 0.2) is 0 Å². The van der Waals surface area contributed by atoms with E-state index in [1.54, 1.807) is 7.11 Å². The SMILES string of the molecule is COc1ccc(CNC(=O)C2(C(=O)NCC(C)C)CC2)cc1. The lowest BCUT2D eigenvalue weighted by molar-refractivity contribution is -0.137. The van der Waals surface area contributed by atoms with E-state index in [1.165, 1.54) is 0 Å². The van der Waals surface area contributed by atoms with E-state index >= 15 is 0 Å². The summed E-state index contributed by atoms with van der Waals surface area (Å²) in [7, 11) is 1.61. The van der Waals surface area contributed by atoms with Crippen LogP contribution in [-0.2, 0) is 16.1 Å². The van der Waals surface area contributed by atoms with Crippen molar-refractivity contribution in [1.29, 1.82) is 0 Å². The molecule has 22 heavy (non-hydrogen) atoms. The fourth-order valence-corrected chi connectivity index (χ4v) is 2.24. The first-order valence-electron chi connectivity index (χ1n) is 7.67. The molecule has 0 radical (unpaired) electrons. The molecule has 1 fully saturated rings. The van der Waals surface area contributed by atoms with Gasteiger partial charge in [-0.1, -0.05) is 26.0 Å². The summed E-state index contributed by atoms with van der Waals surface area (Å²) in [4.78, 5) is 24.5. The maximum absolute atomic E-state index is 12.3. The van der Waals surface area contributed by atoms with Gasteiger partial charge in [-0.15, -0.1) is 0 Å². The van der Waals surface area contributed by atoms with E-state index in [0.29, 0.717) is 31.8 Å². The van der Waals surface area contributed by atoms with Crippen molar-refractivity contribution >= 4 is 11.8 Å². The fourth-order valence-electron chi connectivity index (χ4n) is 2.24. The first-order valence-corrected chi connectivity index (χ1v) is 7.67. The summed E-state index contributed by atoms with van der Waals surface area (Å²) < 4.78 is 5.10. The molecule has 0 saturated heterocycles. The molecule has 1 saturated carbocycles. The molecule has 0 aliphatic heterocycles. The van der Waals surface area contributed by atoms with E-state index in [1.807, 2.05) is 38.1 Å². The van der Waals surface area contributed by atoms with Gasteiger partial charge >= 0.3 is 0 Å². The van der Waals surface area contributed by atoms with E-state index in [2.05, 4.69) is 10.6 Å². The molecule has 1 aliphatic rings. The lowest BCUT2D eigenvalue weighted by Crippen LogP contribution is -2.43. The van der Waals surface area contributed by atoms with Gasteiger partial charge in [0.25, 0.3) is 0 Å². The topological polar surface area (TPSA) is 67.4 Å². The lowest BCUT2D eigenvalue weighted by atomic mass is 10.0. The van der Waals surface area contributed by atoms with Crippen LogP contribution in [0.15, 0.2) is 24.3 Å². The van der Waals surface area contributed by atoms with Crippen LogP contribution in [0.5, 0.6) is 5.75 Å². The van der Waals surface area contributed by atoms with Crippen molar-refractivity contribution in [2.24, 2.45) is 11.3 Å². The maximum atomic E-state index is 12.3. The second-order valence-corrected chi connectivity index (χ2v) is 6.22. The molecule has 2 amide bonds.